The molecule has 0 aromatic heterocycles. The fourth-order valence-corrected chi connectivity index (χ4v) is 4.49. The second-order valence-electron chi connectivity index (χ2n) is 9.84. The van der Waals surface area contributed by atoms with Gasteiger partial charge >= 0.3 is 5.97 Å². The Bertz CT molecular complexity index is 486. The molecule has 0 aromatic carbocycles. The number of aliphatic hydroxyl groups is 3. The molecule has 0 amide bonds. The molecular weight excluding hydrogens is 436 g/mol. The Hall–Kier alpha value is -0.730. The fourth-order valence-electron chi connectivity index (χ4n) is 4.49. The first-order valence-corrected chi connectivity index (χ1v) is 13.9. The molecule has 0 aromatic rings. The van der Waals surface area contributed by atoms with Gasteiger partial charge in [-0.2, -0.15) is 0 Å². The van der Waals surface area contributed by atoms with Crippen LogP contribution >= 0.6 is 0 Å². The lowest BCUT2D eigenvalue weighted by molar-refractivity contribution is -0.295. The maximum Gasteiger partial charge on any atom is 0.305 e. The zero-order chi connectivity index (χ0) is 25.0. The van der Waals surface area contributed by atoms with Gasteiger partial charge in [0.15, 0.2) is 6.29 Å². The van der Waals surface area contributed by atoms with Gasteiger partial charge in [0.1, 0.15) is 31.0 Å². The van der Waals surface area contributed by atoms with Crippen LogP contribution in [-0.2, 0) is 19.0 Å². The van der Waals surface area contributed by atoms with Crippen molar-refractivity contribution in [2.75, 3.05) is 13.7 Å². The minimum atomic E-state index is -1.41. The first-order valence-electron chi connectivity index (χ1n) is 13.9. The summed E-state index contributed by atoms with van der Waals surface area (Å²) >= 11 is 0. The third-order valence-electron chi connectivity index (χ3n) is 6.79. The normalized spacial score (nSPS) is 24.9. The van der Waals surface area contributed by atoms with Crippen LogP contribution in [0.2, 0.25) is 0 Å². The summed E-state index contributed by atoms with van der Waals surface area (Å²) < 4.78 is 15.5. The molecule has 0 radical (unpaired) electrons. The zero-order valence-corrected chi connectivity index (χ0v) is 21.8. The van der Waals surface area contributed by atoms with E-state index in [0.717, 1.165) is 19.3 Å². The lowest BCUT2D eigenvalue weighted by Crippen LogP contribution is -2.59. The van der Waals surface area contributed by atoms with Gasteiger partial charge in [0.2, 0.25) is 0 Å². The summed E-state index contributed by atoms with van der Waals surface area (Å²) in [5, 5.41) is 29.6. The number of unbranched alkanes of at least 4 members (excludes halogenated alkanes) is 16. The van der Waals surface area contributed by atoms with Crippen LogP contribution < -0.4 is 0 Å². The summed E-state index contributed by atoms with van der Waals surface area (Å²) in [5.41, 5.74) is 0. The van der Waals surface area contributed by atoms with Crippen LogP contribution in [0.3, 0.4) is 0 Å². The van der Waals surface area contributed by atoms with E-state index in [0.29, 0.717) is 6.42 Å². The minimum absolute atomic E-state index is 0.178. The number of methoxy groups -OCH3 is 1. The van der Waals surface area contributed by atoms with Gasteiger partial charge < -0.3 is 29.5 Å². The molecular formula is C27H52O7. The molecule has 1 saturated heterocycles. The Morgan fingerprint density at radius 2 is 1.12 bits per heavy atom. The van der Waals surface area contributed by atoms with Gasteiger partial charge in [-0.3, -0.25) is 4.79 Å². The Labute approximate surface area is 207 Å². The predicted octanol–water partition coefficient (Wildman–Crippen LogP) is 5.03. The van der Waals surface area contributed by atoms with E-state index in [1.54, 1.807) is 0 Å². The largest absolute Gasteiger partial charge is 0.463 e. The van der Waals surface area contributed by atoms with Crippen molar-refractivity contribution in [3.63, 3.8) is 0 Å². The van der Waals surface area contributed by atoms with Crippen LogP contribution in [0, 0.1) is 0 Å². The predicted molar refractivity (Wildman–Crippen MR) is 133 cm³/mol. The fraction of sp³-hybridized carbons (Fsp3) is 0.963. The van der Waals surface area contributed by atoms with Crippen molar-refractivity contribution in [1.29, 1.82) is 0 Å². The lowest BCUT2D eigenvalue weighted by Gasteiger charge is -2.39. The molecule has 3 N–H and O–H groups in total. The Balaban J connectivity index is 1.88. The monoisotopic (exact) mass is 488 g/mol. The summed E-state index contributed by atoms with van der Waals surface area (Å²) in [6.45, 7) is 2.09. The van der Waals surface area contributed by atoms with E-state index < -0.39 is 30.7 Å². The number of carbonyl (C=O) groups excluding carboxylic acids is 1. The van der Waals surface area contributed by atoms with Gasteiger partial charge in [0, 0.05) is 13.5 Å². The molecule has 1 fully saturated rings. The molecule has 1 heterocycles. The summed E-state index contributed by atoms with van der Waals surface area (Å²) in [4.78, 5) is 11.9. The third-order valence-corrected chi connectivity index (χ3v) is 6.79. The average molecular weight is 489 g/mol. The number of rotatable bonds is 21. The Kier molecular flexibility index (Phi) is 18.8. The van der Waals surface area contributed by atoms with Crippen LogP contribution in [0.5, 0.6) is 0 Å². The molecule has 7 nitrogen and oxygen atoms in total. The molecule has 7 heteroatoms. The number of carbonyl (C=O) groups is 1. The maximum absolute atomic E-state index is 11.9. The highest BCUT2D eigenvalue weighted by Crippen LogP contribution is 2.22. The van der Waals surface area contributed by atoms with Crippen LogP contribution in [0.15, 0.2) is 0 Å². The molecule has 0 unspecified atom stereocenters. The minimum Gasteiger partial charge on any atom is -0.463 e. The summed E-state index contributed by atoms with van der Waals surface area (Å²) in [6, 6.07) is 0. The van der Waals surface area contributed by atoms with E-state index >= 15 is 0 Å². The number of esters is 1. The van der Waals surface area contributed by atoms with Gasteiger partial charge in [0.25, 0.3) is 0 Å². The topological polar surface area (TPSA) is 105 Å². The van der Waals surface area contributed by atoms with Crippen LogP contribution in [-0.4, -0.2) is 65.7 Å². The Morgan fingerprint density at radius 3 is 1.56 bits per heavy atom. The van der Waals surface area contributed by atoms with Crippen LogP contribution in [0.25, 0.3) is 0 Å². The van der Waals surface area contributed by atoms with E-state index in [9.17, 15) is 20.1 Å². The van der Waals surface area contributed by atoms with Crippen molar-refractivity contribution in [3.05, 3.63) is 0 Å². The van der Waals surface area contributed by atoms with Gasteiger partial charge in [-0.05, 0) is 6.42 Å². The summed E-state index contributed by atoms with van der Waals surface area (Å²) in [7, 11) is 1.33. The number of ether oxygens (including phenoxy) is 3. The summed E-state index contributed by atoms with van der Waals surface area (Å²) in [5.74, 6) is -0.341. The quantitative estimate of drug-likeness (QED) is 0.154. The lowest BCUT2D eigenvalue weighted by atomic mass is 9.99. The first-order chi connectivity index (χ1) is 16.5. The molecule has 5 atom stereocenters. The van der Waals surface area contributed by atoms with Crippen molar-refractivity contribution in [2.24, 2.45) is 0 Å². The van der Waals surface area contributed by atoms with Crippen molar-refractivity contribution in [3.8, 4) is 0 Å². The average Bonchev–Trinajstić information content (AvgIpc) is 2.84. The van der Waals surface area contributed by atoms with Crippen LogP contribution in [0.1, 0.15) is 122 Å². The molecule has 0 spiro atoms. The van der Waals surface area contributed by atoms with Gasteiger partial charge in [-0.1, -0.05) is 110 Å². The smallest absolute Gasteiger partial charge is 0.305 e. The highest BCUT2D eigenvalue weighted by Gasteiger charge is 2.44. The second-order valence-corrected chi connectivity index (χ2v) is 9.84. The van der Waals surface area contributed by atoms with Crippen molar-refractivity contribution in [2.45, 2.75) is 153 Å². The van der Waals surface area contributed by atoms with Crippen molar-refractivity contribution in [1.82, 2.24) is 0 Å². The molecule has 34 heavy (non-hydrogen) atoms. The number of aliphatic hydroxyl groups excluding tert-OH is 3. The second kappa shape index (κ2) is 20.5. The molecule has 0 aliphatic carbocycles. The standard InChI is InChI=1S/C27H52O7/c1-3-4-5-6-7-8-9-10-11-12-13-14-15-16-17-18-19-20-23(28)33-21-22-24(29)25(30)26(31)27(32-2)34-22/h22,24-27,29-31H,3-21H2,1-2H3/t22-,24+,25+,26-,27-/m1/s1. The highest BCUT2D eigenvalue weighted by atomic mass is 16.7. The zero-order valence-electron chi connectivity index (χ0n) is 21.8. The van der Waals surface area contributed by atoms with E-state index in [1.165, 1.54) is 97.0 Å². The molecule has 202 valence electrons. The van der Waals surface area contributed by atoms with Gasteiger partial charge in [0.05, 0.1) is 0 Å². The molecule has 1 rings (SSSR count). The molecule has 1 aliphatic rings. The van der Waals surface area contributed by atoms with Crippen molar-refractivity contribution < 1.29 is 34.3 Å². The van der Waals surface area contributed by atoms with Crippen LogP contribution in [0.4, 0.5) is 0 Å². The van der Waals surface area contributed by atoms with E-state index in [-0.39, 0.29) is 12.6 Å². The van der Waals surface area contributed by atoms with E-state index in [4.69, 9.17) is 14.2 Å². The first kappa shape index (κ1) is 31.3. The maximum atomic E-state index is 11.9. The third kappa shape index (κ3) is 14.0. The number of hydrogen-bond donors (Lipinski definition) is 3. The SMILES string of the molecule is CCCCCCCCCCCCCCCCCCCC(=O)OC[C@H]1O[C@@H](OC)[C@H](O)[C@@H](O)[C@H]1O. The molecule has 0 bridgehead atoms. The highest BCUT2D eigenvalue weighted by molar-refractivity contribution is 5.69. The Morgan fingerprint density at radius 1 is 0.676 bits per heavy atom. The van der Waals surface area contributed by atoms with E-state index in [1.807, 2.05) is 0 Å². The number of hydrogen-bond acceptors (Lipinski definition) is 7. The molecule has 1 aliphatic heterocycles. The van der Waals surface area contributed by atoms with Gasteiger partial charge in [-0.15, -0.1) is 0 Å². The molecule has 0 saturated carbocycles. The summed E-state index contributed by atoms with van der Waals surface area (Å²) in [6.07, 6.45) is 16.2. The van der Waals surface area contributed by atoms with Crippen molar-refractivity contribution >= 4 is 5.97 Å². The van der Waals surface area contributed by atoms with E-state index in [2.05, 4.69) is 6.92 Å². The van der Waals surface area contributed by atoms with Gasteiger partial charge in [-0.25, -0.2) is 0 Å².